The van der Waals surface area contributed by atoms with Gasteiger partial charge in [0.2, 0.25) is 0 Å². The molecule has 24 heavy (non-hydrogen) atoms. The zero-order valence-corrected chi connectivity index (χ0v) is 14.9. The summed E-state index contributed by atoms with van der Waals surface area (Å²) < 4.78 is 0. The van der Waals surface area contributed by atoms with Gasteiger partial charge in [0.05, 0.1) is 5.92 Å². The van der Waals surface area contributed by atoms with Crippen LogP contribution in [0, 0.1) is 11.3 Å². The summed E-state index contributed by atoms with van der Waals surface area (Å²) in [6.45, 7) is 7.46. The Hall–Kier alpha value is -2.19. The van der Waals surface area contributed by atoms with E-state index in [1.54, 1.807) is 13.0 Å². The van der Waals surface area contributed by atoms with Crippen LogP contribution in [0.15, 0.2) is 66.7 Å². The van der Waals surface area contributed by atoms with Crippen LogP contribution in [0.2, 0.25) is 0 Å². The molecule has 2 atom stereocenters. The van der Waals surface area contributed by atoms with E-state index >= 15 is 0 Å². The molecule has 0 radical (unpaired) electrons. The fraction of sp³-hybridized carbons (Fsp3) is 0.318. The summed E-state index contributed by atoms with van der Waals surface area (Å²) >= 11 is 0. The number of carbonyl (C=O) groups excluding carboxylic acids is 1. The summed E-state index contributed by atoms with van der Waals surface area (Å²) in [5.74, 6) is -0.522. The lowest BCUT2D eigenvalue weighted by Crippen LogP contribution is -2.41. The first-order valence-electron chi connectivity index (χ1n) is 8.31. The van der Waals surface area contributed by atoms with Gasteiger partial charge in [-0.1, -0.05) is 94.4 Å². The van der Waals surface area contributed by atoms with E-state index in [9.17, 15) is 9.90 Å². The minimum absolute atomic E-state index is 0.0339. The Labute approximate surface area is 144 Å². The maximum absolute atomic E-state index is 12.8. The monoisotopic (exact) mass is 322 g/mol. The van der Waals surface area contributed by atoms with Crippen LogP contribution in [0.4, 0.5) is 0 Å². The molecular weight excluding hydrogens is 296 g/mol. The second kappa shape index (κ2) is 7.14. The van der Waals surface area contributed by atoms with Gasteiger partial charge in [0.25, 0.3) is 0 Å². The first-order valence-corrected chi connectivity index (χ1v) is 8.31. The van der Waals surface area contributed by atoms with Crippen molar-refractivity contribution in [2.75, 3.05) is 0 Å². The fourth-order valence-corrected chi connectivity index (χ4v) is 2.83. The summed E-state index contributed by atoms with van der Waals surface area (Å²) in [5, 5.41) is 11.4. The molecule has 126 valence electrons. The lowest BCUT2D eigenvalue weighted by Gasteiger charge is -2.34. The van der Waals surface area contributed by atoms with Crippen molar-refractivity contribution >= 4 is 11.9 Å². The second-order valence-electron chi connectivity index (χ2n) is 7.27. The molecule has 2 aromatic rings. The van der Waals surface area contributed by atoms with E-state index in [4.69, 9.17) is 0 Å². The Balaban J connectivity index is 2.46. The number of hydrogen-bond donors (Lipinski definition) is 1. The topological polar surface area (TPSA) is 37.3 Å². The van der Waals surface area contributed by atoms with E-state index in [0.29, 0.717) is 0 Å². The highest BCUT2D eigenvalue weighted by Crippen LogP contribution is 2.36. The number of hydrogen-bond acceptors (Lipinski definition) is 2. The maximum atomic E-state index is 12.8. The summed E-state index contributed by atoms with van der Waals surface area (Å²) in [5.41, 5.74) is -0.144. The smallest absolute Gasteiger partial charge is 0.144 e. The Bertz CT molecular complexity index is 696. The van der Waals surface area contributed by atoms with E-state index in [1.807, 2.05) is 87.5 Å². The van der Waals surface area contributed by atoms with E-state index in [0.717, 1.165) is 11.1 Å². The van der Waals surface area contributed by atoms with Gasteiger partial charge in [0, 0.05) is 5.41 Å². The summed E-state index contributed by atoms with van der Waals surface area (Å²) in [4.78, 5) is 12.8. The van der Waals surface area contributed by atoms with Gasteiger partial charge in [-0.25, -0.2) is 0 Å². The molecule has 0 amide bonds. The minimum Gasteiger partial charge on any atom is -0.380 e. The molecule has 0 aliphatic rings. The third-order valence-electron chi connectivity index (χ3n) is 4.36. The lowest BCUT2D eigenvalue weighted by molar-refractivity contribution is -0.136. The molecule has 1 N–H and O–H groups in total. The van der Waals surface area contributed by atoms with Crippen molar-refractivity contribution in [1.29, 1.82) is 0 Å². The molecule has 0 heterocycles. The average Bonchev–Trinajstić information content (AvgIpc) is 2.59. The standard InChI is InChI=1S/C22H26O2/c1-17(20(23)21(2,3)4)22(24,19-13-9-6-10-14-19)16-15-18-11-7-5-8-12-18/h5-17,24H,1-4H3/b16-15+/t17-,22+/m0/s1. The molecule has 2 rings (SSSR count). The first kappa shape index (κ1) is 18.2. The maximum Gasteiger partial charge on any atom is 0.144 e. The number of carbonyl (C=O) groups is 1. The molecule has 2 nitrogen and oxygen atoms in total. The van der Waals surface area contributed by atoms with E-state index < -0.39 is 16.9 Å². The first-order chi connectivity index (χ1) is 11.2. The third-order valence-corrected chi connectivity index (χ3v) is 4.36. The Kier molecular flexibility index (Phi) is 5.40. The van der Waals surface area contributed by atoms with E-state index in [-0.39, 0.29) is 5.78 Å². The molecule has 0 fully saturated rings. The molecule has 0 aromatic heterocycles. The fourth-order valence-electron chi connectivity index (χ4n) is 2.83. The molecule has 0 saturated carbocycles. The summed E-state index contributed by atoms with van der Waals surface area (Å²) in [7, 11) is 0. The van der Waals surface area contributed by atoms with Crippen LogP contribution in [0.1, 0.15) is 38.8 Å². The number of ketones is 1. The molecule has 0 saturated heterocycles. The van der Waals surface area contributed by atoms with Crippen LogP contribution in [0.3, 0.4) is 0 Å². The lowest BCUT2D eigenvalue weighted by atomic mass is 9.72. The quantitative estimate of drug-likeness (QED) is 0.855. The van der Waals surface area contributed by atoms with Gasteiger partial charge < -0.3 is 5.11 Å². The Morgan fingerprint density at radius 2 is 1.46 bits per heavy atom. The molecule has 0 bridgehead atoms. The minimum atomic E-state index is -1.35. The number of rotatable bonds is 5. The van der Waals surface area contributed by atoms with Gasteiger partial charge in [0.15, 0.2) is 0 Å². The largest absolute Gasteiger partial charge is 0.380 e. The highest BCUT2D eigenvalue weighted by Gasteiger charge is 2.41. The van der Waals surface area contributed by atoms with Crippen LogP contribution in [0.25, 0.3) is 6.08 Å². The van der Waals surface area contributed by atoms with Gasteiger partial charge in [-0.2, -0.15) is 0 Å². The molecular formula is C22H26O2. The van der Waals surface area contributed by atoms with E-state index in [1.165, 1.54) is 0 Å². The Morgan fingerprint density at radius 3 is 1.96 bits per heavy atom. The molecule has 2 aromatic carbocycles. The van der Waals surface area contributed by atoms with Crippen LogP contribution in [0.5, 0.6) is 0 Å². The normalized spacial score (nSPS) is 15.9. The summed E-state index contributed by atoms with van der Waals surface area (Å²) in [6, 6.07) is 19.2. The molecule has 0 spiro atoms. The van der Waals surface area contributed by atoms with Crippen molar-refractivity contribution in [3.63, 3.8) is 0 Å². The van der Waals surface area contributed by atoms with Gasteiger partial charge in [-0.15, -0.1) is 0 Å². The van der Waals surface area contributed by atoms with Crippen LogP contribution >= 0.6 is 0 Å². The van der Waals surface area contributed by atoms with Crippen molar-refractivity contribution in [3.05, 3.63) is 77.9 Å². The van der Waals surface area contributed by atoms with Gasteiger partial charge in [0.1, 0.15) is 11.4 Å². The number of Topliss-reactive ketones (excluding diaryl/α,β-unsaturated/α-hetero) is 1. The number of aliphatic hydroxyl groups is 1. The van der Waals surface area contributed by atoms with Gasteiger partial charge in [-0.3, -0.25) is 4.79 Å². The van der Waals surface area contributed by atoms with Gasteiger partial charge >= 0.3 is 0 Å². The predicted molar refractivity (Wildman–Crippen MR) is 99.4 cm³/mol. The van der Waals surface area contributed by atoms with E-state index in [2.05, 4.69) is 0 Å². The zero-order valence-electron chi connectivity index (χ0n) is 14.9. The Morgan fingerprint density at radius 1 is 0.958 bits per heavy atom. The van der Waals surface area contributed by atoms with Crippen LogP contribution in [-0.2, 0) is 10.4 Å². The second-order valence-corrected chi connectivity index (χ2v) is 7.27. The molecule has 0 unspecified atom stereocenters. The van der Waals surface area contributed by atoms with Crippen molar-refractivity contribution in [3.8, 4) is 0 Å². The highest BCUT2D eigenvalue weighted by atomic mass is 16.3. The van der Waals surface area contributed by atoms with Gasteiger partial charge in [-0.05, 0) is 17.2 Å². The molecule has 0 aliphatic carbocycles. The highest BCUT2D eigenvalue weighted by molar-refractivity contribution is 5.87. The van der Waals surface area contributed by atoms with Crippen molar-refractivity contribution in [1.82, 2.24) is 0 Å². The van der Waals surface area contributed by atoms with Crippen LogP contribution in [-0.4, -0.2) is 10.9 Å². The predicted octanol–water partition coefficient (Wildman–Crippen LogP) is 4.84. The SMILES string of the molecule is C[C@@H](C(=O)C(C)(C)C)[C@](O)(/C=C/c1ccccc1)c1ccccc1. The molecule has 2 heteroatoms. The van der Waals surface area contributed by atoms with Crippen molar-refractivity contribution in [2.24, 2.45) is 11.3 Å². The average molecular weight is 322 g/mol. The van der Waals surface area contributed by atoms with Crippen molar-refractivity contribution < 1.29 is 9.90 Å². The number of benzene rings is 2. The zero-order chi connectivity index (χ0) is 17.8. The summed E-state index contributed by atoms with van der Waals surface area (Å²) in [6.07, 6.45) is 3.62. The third kappa shape index (κ3) is 4.01. The molecule has 0 aliphatic heterocycles. The van der Waals surface area contributed by atoms with Crippen LogP contribution < -0.4 is 0 Å². The van der Waals surface area contributed by atoms with Crippen molar-refractivity contribution in [2.45, 2.75) is 33.3 Å².